The molecule has 8 heteroatoms. The lowest BCUT2D eigenvalue weighted by Gasteiger charge is -2.27. The van der Waals surface area contributed by atoms with E-state index in [0.717, 1.165) is 4.90 Å². The summed E-state index contributed by atoms with van der Waals surface area (Å²) in [7, 11) is 1.42. The number of imide groups is 2. The van der Waals surface area contributed by atoms with Crippen molar-refractivity contribution in [3.8, 4) is 5.75 Å². The number of carbonyl (C=O) groups excluding carboxylic acids is 4. The number of carbonyl (C=O) groups is 4. The van der Waals surface area contributed by atoms with Gasteiger partial charge in [-0.3, -0.25) is 24.3 Å². The van der Waals surface area contributed by atoms with Crippen molar-refractivity contribution in [2.45, 2.75) is 6.92 Å². The number of nitrogens with one attached hydrogen (secondary N) is 1. The van der Waals surface area contributed by atoms with Gasteiger partial charge in [0.05, 0.1) is 18.3 Å². The van der Waals surface area contributed by atoms with Crippen LogP contribution in [0, 0.1) is 0 Å². The van der Waals surface area contributed by atoms with Gasteiger partial charge in [-0.2, -0.15) is 0 Å². The van der Waals surface area contributed by atoms with Gasteiger partial charge in [-0.25, -0.2) is 9.69 Å². The van der Waals surface area contributed by atoms with Gasteiger partial charge in [-0.05, 0) is 24.3 Å². The molecule has 30 heavy (non-hydrogen) atoms. The van der Waals surface area contributed by atoms with Crippen LogP contribution >= 0.6 is 0 Å². The van der Waals surface area contributed by atoms with Crippen LogP contribution in [0.15, 0.2) is 60.3 Å². The first-order valence-corrected chi connectivity index (χ1v) is 9.08. The van der Waals surface area contributed by atoms with Crippen LogP contribution in [0.25, 0.3) is 17.0 Å². The largest absolute Gasteiger partial charge is 0.495 e. The second-order valence-corrected chi connectivity index (χ2v) is 6.62. The molecule has 150 valence electrons. The highest BCUT2D eigenvalue weighted by molar-refractivity contribution is 6.39. The zero-order valence-corrected chi connectivity index (χ0v) is 16.2. The standard InChI is InChI=1S/C22H17N3O5/c1-13(26)24-12-14(15-7-3-4-8-17(15)24)11-16-20(27)23-22(29)25(21(16)28)18-9-5-6-10-19(18)30-2/h3-12H,1-2H3,(H,23,27,29)/b16-11-. The Bertz CT molecular complexity index is 1250. The molecule has 1 saturated heterocycles. The fourth-order valence-electron chi connectivity index (χ4n) is 3.43. The Morgan fingerprint density at radius 1 is 1.03 bits per heavy atom. The third-order valence-corrected chi connectivity index (χ3v) is 4.81. The molecule has 4 amide bonds. The van der Waals surface area contributed by atoms with E-state index in [9.17, 15) is 19.2 Å². The van der Waals surface area contributed by atoms with Crippen molar-refractivity contribution in [2.24, 2.45) is 0 Å². The van der Waals surface area contributed by atoms with E-state index in [1.165, 1.54) is 24.7 Å². The maximum Gasteiger partial charge on any atom is 0.336 e. The Hall–Kier alpha value is -4.20. The number of hydrogen-bond donors (Lipinski definition) is 1. The molecule has 1 aromatic heterocycles. The summed E-state index contributed by atoms with van der Waals surface area (Å²) in [5, 5.41) is 2.88. The molecule has 2 heterocycles. The highest BCUT2D eigenvalue weighted by Crippen LogP contribution is 2.31. The quantitative estimate of drug-likeness (QED) is 0.536. The fourth-order valence-corrected chi connectivity index (χ4v) is 3.43. The number of hydrogen-bond acceptors (Lipinski definition) is 5. The van der Waals surface area contributed by atoms with Crippen molar-refractivity contribution >= 4 is 46.4 Å². The first-order valence-electron chi connectivity index (χ1n) is 9.08. The number of methoxy groups -OCH3 is 1. The van der Waals surface area contributed by atoms with Gasteiger partial charge in [0, 0.05) is 24.1 Å². The van der Waals surface area contributed by atoms with E-state index < -0.39 is 17.8 Å². The number of rotatable bonds is 3. The molecule has 1 N–H and O–H groups in total. The zero-order chi connectivity index (χ0) is 21.4. The van der Waals surface area contributed by atoms with Crippen LogP contribution in [-0.2, 0) is 9.59 Å². The van der Waals surface area contributed by atoms with E-state index in [1.54, 1.807) is 54.7 Å². The van der Waals surface area contributed by atoms with Crippen LogP contribution in [-0.4, -0.2) is 35.4 Å². The smallest absolute Gasteiger partial charge is 0.336 e. The molecular formula is C22H17N3O5. The average Bonchev–Trinajstić information content (AvgIpc) is 3.10. The number of nitrogens with zero attached hydrogens (tertiary/aromatic N) is 2. The molecule has 0 atom stereocenters. The van der Waals surface area contributed by atoms with Crippen LogP contribution < -0.4 is 15.0 Å². The minimum atomic E-state index is -0.863. The summed E-state index contributed by atoms with van der Waals surface area (Å²) in [4.78, 5) is 50.9. The first-order chi connectivity index (χ1) is 14.4. The number of ether oxygens (including phenoxy) is 1. The molecule has 4 rings (SSSR count). The zero-order valence-electron chi connectivity index (χ0n) is 16.2. The SMILES string of the molecule is COc1ccccc1N1C(=O)NC(=O)/C(=C/c2cn(C(C)=O)c3ccccc23)C1=O. The molecule has 1 aliphatic rings. The maximum absolute atomic E-state index is 13.1. The van der Waals surface area contributed by atoms with Crippen LogP contribution in [0.1, 0.15) is 17.3 Å². The third kappa shape index (κ3) is 3.04. The van der Waals surface area contributed by atoms with Gasteiger partial charge in [-0.1, -0.05) is 30.3 Å². The normalized spacial score (nSPS) is 15.6. The Balaban J connectivity index is 1.85. The van der Waals surface area contributed by atoms with Gasteiger partial charge in [0.1, 0.15) is 11.3 Å². The molecule has 0 radical (unpaired) electrons. The average molecular weight is 403 g/mol. The monoisotopic (exact) mass is 403 g/mol. The molecule has 8 nitrogen and oxygen atoms in total. The Morgan fingerprint density at radius 2 is 1.73 bits per heavy atom. The minimum Gasteiger partial charge on any atom is -0.495 e. The third-order valence-electron chi connectivity index (χ3n) is 4.81. The van der Waals surface area contributed by atoms with E-state index in [-0.39, 0.29) is 17.2 Å². The van der Waals surface area contributed by atoms with Crippen molar-refractivity contribution in [3.63, 3.8) is 0 Å². The van der Waals surface area contributed by atoms with Crippen molar-refractivity contribution in [2.75, 3.05) is 12.0 Å². The number of aromatic nitrogens is 1. The molecular weight excluding hydrogens is 386 g/mol. The number of barbiturate groups is 1. The molecule has 0 spiro atoms. The number of fused-ring (bicyclic) bond motifs is 1. The molecule has 0 aliphatic carbocycles. The molecule has 2 aromatic carbocycles. The van der Waals surface area contributed by atoms with Crippen molar-refractivity contribution in [3.05, 3.63) is 65.9 Å². The molecule has 0 bridgehead atoms. The number of para-hydroxylation sites is 3. The van der Waals surface area contributed by atoms with Gasteiger partial charge >= 0.3 is 6.03 Å². The highest BCUT2D eigenvalue weighted by Gasteiger charge is 2.38. The molecule has 0 unspecified atom stereocenters. The van der Waals surface area contributed by atoms with Crippen LogP contribution in [0.3, 0.4) is 0 Å². The van der Waals surface area contributed by atoms with Gasteiger partial charge in [0.2, 0.25) is 5.91 Å². The van der Waals surface area contributed by atoms with E-state index in [4.69, 9.17) is 4.74 Å². The second kappa shape index (κ2) is 7.32. The Labute approximate surface area is 171 Å². The van der Waals surface area contributed by atoms with E-state index >= 15 is 0 Å². The van der Waals surface area contributed by atoms with E-state index in [1.807, 2.05) is 0 Å². The summed E-state index contributed by atoms with van der Waals surface area (Å²) in [6, 6.07) is 12.8. The second-order valence-electron chi connectivity index (χ2n) is 6.62. The summed E-state index contributed by atoms with van der Waals surface area (Å²) in [6.07, 6.45) is 2.94. The van der Waals surface area contributed by atoms with Gasteiger partial charge in [0.25, 0.3) is 11.8 Å². The summed E-state index contributed by atoms with van der Waals surface area (Å²) >= 11 is 0. The van der Waals surface area contributed by atoms with E-state index in [0.29, 0.717) is 22.2 Å². The lowest BCUT2D eigenvalue weighted by atomic mass is 10.1. The number of benzene rings is 2. The lowest BCUT2D eigenvalue weighted by Crippen LogP contribution is -2.54. The van der Waals surface area contributed by atoms with Crippen LogP contribution in [0.2, 0.25) is 0 Å². The summed E-state index contributed by atoms with van der Waals surface area (Å²) < 4.78 is 6.68. The van der Waals surface area contributed by atoms with Crippen molar-refractivity contribution in [1.82, 2.24) is 9.88 Å². The summed E-state index contributed by atoms with van der Waals surface area (Å²) in [5.74, 6) is -1.49. The lowest BCUT2D eigenvalue weighted by molar-refractivity contribution is -0.122. The Kier molecular flexibility index (Phi) is 4.67. The maximum atomic E-state index is 13.1. The Morgan fingerprint density at radius 3 is 2.47 bits per heavy atom. The van der Waals surface area contributed by atoms with Crippen molar-refractivity contribution < 1.29 is 23.9 Å². The number of anilines is 1. The number of urea groups is 1. The van der Waals surface area contributed by atoms with Gasteiger partial charge in [-0.15, -0.1) is 0 Å². The summed E-state index contributed by atoms with van der Waals surface area (Å²) in [5.41, 5.74) is 1.14. The van der Waals surface area contributed by atoms with Crippen molar-refractivity contribution in [1.29, 1.82) is 0 Å². The number of amides is 4. The van der Waals surface area contributed by atoms with Gasteiger partial charge in [0.15, 0.2) is 0 Å². The van der Waals surface area contributed by atoms with Gasteiger partial charge < -0.3 is 4.74 Å². The molecule has 3 aromatic rings. The van der Waals surface area contributed by atoms with Crippen LogP contribution in [0.4, 0.5) is 10.5 Å². The fraction of sp³-hybridized carbons (Fsp3) is 0.0909. The molecule has 1 fully saturated rings. The highest BCUT2D eigenvalue weighted by atomic mass is 16.5. The molecule has 1 aliphatic heterocycles. The first kappa shape index (κ1) is 19.1. The van der Waals surface area contributed by atoms with Crippen LogP contribution in [0.5, 0.6) is 5.75 Å². The predicted molar refractivity (Wildman–Crippen MR) is 110 cm³/mol. The predicted octanol–water partition coefficient (Wildman–Crippen LogP) is 2.98. The van der Waals surface area contributed by atoms with E-state index in [2.05, 4.69) is 5.32 Å². The molecule has 0 saturated carbocycles. The topological polar surface area (TPSA) is 97.7 Å². The summed E-state index contributed by atoms with van der Waals surface area (Å²) in [6.45, 7) is 1.42. The minimum absolute atomic E-state index is 0.207.